The molecule has 0 atom stereocenters. The predicted octanol–water partition coefficient (Wildman–Crippen LogP) is 3.59. The van der Waals surface area contributed by atoms with E-state index in [4.69, 9.17) is 9.97 Å². The number of carbonyl (C=O) groups is 1. The van der Waals surface area contributed by atoms with Crippen molar-refractivity contribution in [2.24, 2.45) is 0 Å². The number of rotatable bonds is 10. The molecule has 11 heteroatoms. The van der Waals surface area contributed by atoms with Gasteiger partial charge in [-0.15, -0.1) is 11.3 Å². The molecule has 1 fully saturated rings. The van der Waals surface area contributed by atoms with Crippen LogP contribution in [0.5, 0.6) is 0 Å². The molecular formula is C24H31N7O2S2. The molecule has 1 saturated heterocycles. The molecule has 186 valence electrons. The molecule has 0 saturated carbocycles. The van der Waals surface area contributed by atoms with Crippen LogP contribution in [-0.4, -0.2) is 75.1 Å². The number of Topliss-reactive ketones (excluding diaryl/α,β-unsaturated/α-hetero) is 1. The molecule has 0 aliphatic carbocycles. The van der Waals surface area contributed by atoms with Crippen LogP contribution in [0.1, 0.15) is 37.1 Å². The summed E-state index contributed by atoms with van der Waals surface area (Å²) in [7, 11) is 0. The number of benzene rings is 1. The van der Waals surface area contributed by atoms with Crippen LogP contribution in [0.3, 0.4) is 0 Å². The average molecular weight is 514 g/mol. The van der Waals surface area contributed by atoms with Crippen molar-refractivity contribution in [3.63, 3.8) is 0 Å². The van der Waals surface area contributed by atoms with Gasteiger partial charge in [0.1, 0.15) is 5.78 Å². The third-order valence-electron chi connectivity index (χ3n) is 5.57. The zero-order valence-electron chi connectivity index (χ0n) is 20.3. The maximum atomic E-state index is 11.4. The normalized spacial score (nSPS) is 14.5. The molecule has 35 heavy (non-hydrogen) atoms. The van der Waals surface area contributed by atoms with E-state index >= 15 is 0 Å². The molecule has 4 rings (SSSR count). The number of ketones is 1. The first-order valence-electron chi connectivity index (χ1n) is 11.7. The van der Waals surface area contributed by atoms with Crippen LogP contribution in [0.15, 0.2) is 40.5 Å². The van der Waals surface area contributed by atoms with Gasteiger partial charge in [-0.2, -0.15) is 15.0 Å². The Hall–Kier alpha value is -2.60. The summed E-state index contributed by atoms with van der Waals surface area (Å²) in [4.78, 5) is 36.6. The lowest BCUT2D eigenvalue weighted by Gasteiger charge is -2.34. The van der Waals surface area contributed by atoms with E-state index in [0.29, 0.717) is 35.9 Å². The minimum absolute atomic E-state index is 0.144. The third-order valence-corrected chi connectivity index (χ3v) is 7.66. The lowest BCUT2D eigenvalue weighted by Crippen LogP contribution is -2.47. The van der Waals surface area contributed by atoms with Crippen molar-refractivity contribution in [2.75, 3.05) is 49.5 Å². The summed E-state index contributed by atoms with van der Waals surface area (Å²) < 4.78 is 0. The first-order valence-corrected chi connectivity index (χ1v) is 13.4. The van der Waals surface area contributed by atoms with Gasteiger partial charge in [0.2, 0.25) is 11.9 Å². The number of anilines is 3. The number of hydrogen-bond donors (Lipinski definition) is 2. The van der Waals surface area contributed by atoms with Gasteiger partial charge in [-0.05, 0) is 42.3 Å². The van der Waals surface area contributed by atoms with Crippen LogP contribution < -0.4 is 10.2 Å². The van der Waals surface area contributed by atoms with Crippen LogP contribution >= 0.6 is 23.1 Å². The van der Waals surface area contributed by atoms with Crippen molar-refractivity contribution >= 4 is 45.9 Å². The number of carbonyl (C=O) groups excluding carboxylic acids is 1. The molecule has 1 aliphatic rings. The summed E-state index contributed by atoms with van der Waals surface area (Å²) in [5.41, 5.74) is 0.992. The van der Waals surface area contributed by atoms with Gasteiger partial charge in [-0.1, -0.05) is 26.0 Å². The highest BCUT2D eigenvalue weighted by Crippen LogP contribution is 2.30. The largest absolute Gasteiger partial charge is 0.395 e. The van der Waals surface area contributed by atoms with Gasteiger partial charge in [0.05, 0.1) is 6.61 Å². The van der Waals surface area contributed by atoms with Gasteiger partial charge in [0.25, 0.3) is 0 Å². The fourth-order valence-corrected chi connectivity index (χ4v) is 5.23. The summed E-state index contributed by atoms with van der Waals surface area (Å²) in [6, 6.07) is 7.91. The molecular weight excluding hydrogens is 482 g/mol. The molecule has 3 aromatic rings. The maximum Gasteiger partial charge on any atom is 0.234 e. The van der Waals surface area contributed by atoms with E-state index in [9.17, 15) is 9.90 Å². The molecule has 0 amide bonds. The second-order valence-electron chi connectivity index (χ2n) is 8.77. The zero-order valence-corrected chi connectivity index (χ0v) is 21.9. The van der Waals surface area contributed by atoms with Crippen molar-refractivity contribution in [1.29, 1.82) is 0 Å². The second-order valence-corrected chi connectivity index (χ2v) is 10.9. The Kier molecular flexibility index (Phi) is 8.66. The number of piperazine rings is 1. The highest BCUT2D eigenvalue weighted by molar-refractivity contribution is 7.99. The molecule has 1 aromatic carbocycles. The van der Waals surface area contributed by atoms with Crippen LogP contribution in [-0.2, 0) is 11.2 Å². The van der Waals surface area contributed by atoms with Crippen LogP contribution in [0.4, 0.5) is 17.0 Å². The Morgan fingerprint density at radius 3 is 2.51 bits per heavy atom. The molecule has 1 aliphatic heterocycles. The monoisotopic (exact) mass is 513 g/mol. The van der Waals surface area contributed by atoms with Gasteiger partial charge in [0, 0.05) is 55.1 Å². The van der Waals surface area contributed by atoms with Crippen LogP contribution in [0, 0.1) is 0 Å². The molecule has 0 bridgehead atoms. The minimum Gasteiger partial charge on any atom is -0.395 e. The number of nitrogens with one attached hydrogen (secondary N) is 1. The zero-order chi connectivity index (χ0) is 24.8. The van der Waals surface area contributed by atoms with Crippen molar-refractivity contribution in [3.8, 4) is 0 Å². The summed E-state index contributed by atoms with van der Waals surface area (Å²) in [5.74, 6) is 1.64. The van der Waals surface area contributed by atoms with E-state index in [2.05, 4.69) is 38.9 Å². The lowest BCUT2D eigenvalue weighted by molar-refractivity contribution is -0.116. The molecule has 2 N–H and O–H groups in total. The van der Waals surface area contributed by atoms with E-state index in [-0.39, 0.29) is 12.4 Å². The quantitative estimate of drug-likeness (QED) is 0.418. The Morgan fingerprint density at radius 1 is 1.14 bits per heavy atom. The van der Waals surface area contributed by atoms with Gasteiger partial charge in [-0.25, -0.2) is 4.98 Å². The number of aliphatic hydroxyl groups excluding tert-OH is 1. The minimum atomic E-state index is 0.144. The van der Waals surface area contributed by atoms with Crippen molar-refractivity contribution in [3.05, 3.63) is 40.9 Å². The number of hydrogen-bond acceptors (Lipinski definition) is 11. The average Bonchev–Trinajstić information content (AvgIpc) is 3.29. The Labute approximate surface area is 214 Å². The fraction of sp³-hybridized carbons (Fsp3) is 0.458. The number of aromatic nitrogens is 4. The van der Waals surface area contributed by atoms with E-state index in [1.165, 1.54) is 16.6 Å². The van der Waals surface area contributed by atoms with Crippen molar-refractivity contribution in [2.45, 2.75) is 43.2 Å². The fourth-order valence-electron chi connectivity index (χ4n) is 3.68. The third kappa shape index (κ3) is 7.20. The molecule has 0 unspecified atom stereocenters. The number of β-amino-alcohol motifs (C(OH)–C–C–N with tert-alkyl or cyclic N) is 1. The van der Waals surface area contributed by atoms with Gasteiger partial charge in [-0.3, -0.25) is 15.0 Å². The highest BCUT2D eigenvalue weighted by atomic mass is 32.2. The molecule has 3 heterocycles. The summed E-state index contributed by atoms with van der Waals surface area (Å²) in [6.45, 7) is 9.98. The highest BCUT2D eigenvalue weighted by Gasteiger charge is 2.21. The topological polar surface area (TPSA) is 107 Å². The number of nitrogens with zero attached hydrogens (tertiary/aromatic N) is 6. The lowest BCUT2D eigenvalue weighted by atomic mass is 10.1. The van der Waals surface area contributed by atoms with Crippen LogP contribution in [0.2, 0.25) is 0 Å². The van der Waals surface area contributed by atoms with E-state index < -0.39 is 0 Å². The number of thiazole rings is 1. The predicted molar refractivity (Wildman–Crippen MR) is 140 cm³/mol. The molecule has 0 spiro atoms. The summed E-state index contributed by atoms with van der Waals surface area (Å²) in [6.07, 6.45) is 2.32. The maximum absolute atomic E-state index is 11.4. The van der Waals surface area contributed by atoms with E-state index in [1.54, 1.807) is 18.3 Å². The van der Waals surface area contributed by atoms with Crippen molar-refractivity contribution < 1.29 is 9.90 Å². The number of aliphatic hydroxyl groups is 1. The van der Waals surface area contributed by atoms with Gasteiger partial charge in [0.15, 0.2) is 10.3 Å². The Balaban J connectivity index is 1.56. The molecule has 9 nitrogen and oxygen atoms in total. The SMILES string of the molecule is CC(=O)Cc1ccc(Sc2nc(Nc3ncc(C(C)C)s3)nc(N3CCN(CCO)CC3)n2)cc1. The van der Waals surface area contributed by atoms with Crippen molar-refractivity contribution in [1.82, 2.24) is 24.8 Å². The summed E-state index contributed by atoms with van der Waals surface area (Å²) >= 11 is 3.06. The Morgan fingerprint density at radius 2 is 1.89 bits per heavy atom. The van der Waals surface area contributed by atoms with E-state index in [0.717, 1.165) is 41.8 Å². The van der Waals surface area contributed by atoms with Gasteiger partial charge >= 0.3 is 0 Å². The van der Waals surface area contributed by atoms with Gasteiger partial charge < -0.3 is 10.0 Å². The Bertz CT molecular complexity index is 1130. The first kappa shape index (κ1) is 25.5. The first-order chi connectivity index (χ1) is 16.9. The second kappa shape index (κ2) is 11.9. The smallest absolute Gasteiger partial charge is 0.234 e. The summed E-state index contributed by atoms with van der Waals surface area (Å²) in [5, 5.41) is 13.8. The van der Waals surface area contributed by atoms with E-state index in [1.807, 2.05) is 30.5 Å². The van der Waals surface area contributed by atoms with Crippen LogP contribution in [0.25, 0.3) is 0 Å². The standard InChI is InChI=1S/C24H31N7O2S2/c1-16(2)20-15-25-23(35-20)27-21-26-22(31-10-8-30(9-11-31)12-13-32)29-24(28-21)34-19-6-4-18(5-7-19)14-17(3)33/h4-7,15-16,32H,8-14H2,1-3H3,(H,25,26,27,28,29). The molecule has 2 aromatic heterocycles. The molecule has 0 radical (unpaired) electrons.